The van der Waals surface area contributed by atoms with Crippen molar-refractivity contribution >= 4 is 21.8 Å². The summed E-state index contributed by atoms with van der Waals surface area (Å²) in [7, 11) is 0. The van der Waals surface area contributed by atoms with E-state index >= 15 is 0 Å². The van der Waals surface area contributed by atoms with Crippen LogP contribution < -0.4 is 0 Å². The van der Waals surface area contributed by atoms with Crippen molar-refractivity contribution in [2.45, 2.75) is 6.04 Å². The SMILES string of the molecule is N#Cc1ccc(C(=O)N2CCOCC2CBr)nc1. The minimum atomic E-state index is -0.118. The number of amides is 1. The van der Waals surface area contributed by atoms with Gasteiger partial charge in [0.05, 0.1) is 24.8 Å². The fourth-order valence-electron chi connectivity index (χ4n) is 1.78. The highest BCUT2D eigenvalue weighted by molar-refractivity contribution is 9.09. The second-order valence-corrected chi connectivity index (χ2v) is 4.57. The Bertz CT molecular complexity index is 469. The quantitative estimate of drug-likeness (QED) is 0.770. The predicted octanol–water partition coefficient (Wildman–Crippen LogP) is 1.19. The normalized spacial score (nSPS) is 19.3. The Morgan fingerprint density at radius 2 is 2.50 bits per heavy atom. The Kier molecular flexibility index (Phi) is 4.28. The number of rotatable bonds is 2. The minimum Gasteiger partial charge on any atom is -0.377 e. The summed E-state index contributed by atoms with van der Waals surface area (Å²) in [5, 5.41) is 9.36. The van der Waals surface area contributed by atoms with E-state index in [9.17, 15) is 4.79 Å². The highest BCUT2D eigenvalue weighted by Crippen LogP contribution is 2.13. The Hall–Kier alpha value is -1.45. The van der Waals surface area contributed by atoms with Crippen molar-refractivity contribution in [1.29, 1.82) is 5.26 Å². The van der Waals surface area contributed by atoms with Gasteiger partial charge in [0, 0.05) is 18.1 Å². The van der Waals surface area contributed by atoms with E-state index in [1.165, 1.54) is 6.20 Å². The van der Waals surface area contributed by atoms with Crippen LogP contribution in [0.5, 0.6) is 0 Å². The van der Waals surface area contributed by atoms with Gasteiger partial charge in [0.2, 0.25) is 0 Å². The Labute approximate surface area is 113 Å². The third kappa shape index (κ3) is 2.68. The van der Waals surface area contributed by atoms with Crippen LogP contribution >= 0.6 is 15.9 Å². The van der Waals surface area contributed by atoms with Gasteiger partial charge < -0.3 is 9.64 Å². The first-order chi connectivity index (χ1) is 8.76. The summed E-state index contributed by atoms with van der Waals surface area (Å²) in [6.07, 6.45) is 1.41. The molecule has 0 aromatic carbocycles. The van der Waals surface area contributed by atoms with E-state index in [0.717, 1.165) is 0 Å². The van der Waals surface area contributed by atoms with Crippen LogP contribution in [0.3, 0.4) is 0 Å². The first-order valence-corrected chi connectivity index (χ1v) is 6.69. The van der Waals surface area contributed by atoms with Crippen molar-refractivity contribution in [3.63, 3.8) is 0 Å². The molecule has 5 nitrogen and oxygen atoms in total. The number of nitrogens with zero attached hydrogens (tertiary/aromatic N) is 3. The van der Waals surface area contributed by atoms with Gasteiger partial charge in [0.25, 0.3) is 5.91 Å². The molecule has 0 aliphatic carbocycles. The van der Waals surface area contributed by atoms with Crippen LogP contribution in [-0.4, -0.2) is 46.9 Å². The van der Waals surface area contributed by atoms with E-state index in [0.29, 0.717) is 36.3 Å². The van der Waals surface area contributed by atoms with Crippen molar-refractivity contribution < 1.29 is 9.53 Å². The van der Waals surface area contributed by atoms with Gasteiger partial charge in [-0.3, -0.25) is 4.79 Å². The number of aromatic nitrogens is 1. The molecule has 94 valence electrons. The number of pyridine rings is 1. The van der Waals surface area contributed by atoms with Crippen LogP contribution in [0.2, 0.25) is 0 Å². The number of halogens is 1. The summed E-state index contributed by atoms with van der Waals surface area (Å²) in [5.74, 6) is -0.118. The van der Waals surface area contributed by atoms with Crippen LogP contribution in [0.4, 0.5) is 0 Å². The zero-order valence-corrected chi connectivity index (χ0v) is 11.3. The second-order valence-electron chi connectivity index (χ2n) is 3.93. The summed E-state index contributed by atoms with van der Waals surface area (Å²) < 4.78 is 5.34. The van der Waals surface area contributed by atoms with Crippen molar-refractivity contribution in [3.8, 4) is 6.07 Å². The van der Waals surface area contributed by atoms with Crippen molar-refractivity contribution in [1.82, 2.24) is 9.88 Å². The molecule has 1 fully saturated rings. The molecule has 2 rings (SSSR count). The van der Waals surface area contributed by atoms with Crippen LogP contribution in [0.1, 0.15) is 16.1 Å². The van der Waals surface area contributed by atoms with Crippen molar-refractivity contribution in [2.24, 2.45) is 0 Å². The van der Waals surface area contributed by atoms with E-state index in [-0.39, 0.29) is 11.9 Å². The molecule has 2 heterocycles. The van der Waals surface area contributed by atoms with Crippen LogP contribution in [0.15, 0.2) is 18.3 Å². The molecule has 1 unspecified atom stereocenters. The molecule has 0 spiro atoms. The van der Waals surface area contributed by atoms with Crippen molar-refractivity contribution in [2.75, 3.05) is 25.1 Å². The number of hydrogen-bond donors (Lipinski definition) is 0. The molecule has 0 radical (unpaired) electrons. The third-order valence-electron chi connectivity index (χ3n) is 2.78. The molecule has 18 heavy (non-hydrogen) atoms. The van der Waals surface area contributed by atoms with Crippen LogP contribution in [-0.2, 0) is 4.74 Å². The molecule has 1 aliphatic rings. The fourth-order valence-corrected chi connectivity index (χ4v) is 2.32. The van der Waals surface area contributed by atoms with Gasteiger partial charge in [-0.15, -0.1) is 0 Å². The third-order valence-corrected chi connectivity index (χ3v) is 3.53. The Morgan fingerprint density at radius 3 is 3.11 bits per heavy atom. The van der Waals surface area contributed by atoms with E-state index in [4.69, 9.17) is 10.00 Å². The van der Waals surface area contributed by atoms with Gasteiger partial charge in [0.15, 0.2) is 0 Å². The number of morpholine rings is 1. The molecular weight excluding hydrogens is 298 g/mol. The lowest BCUT2D eigenvalue weighted by atomic mass is 10.2. The first-order valence-electron chi connectivity index (χ1n) is 5.57. The molecule has 0 saturated carbocycles. The largest absolute Gasteiger partial charge is 0.377 e. The van der Waals surface area contributed by atoms with Crippen molar-refractivity contribution in [3.05, 3.63) is 29.6 Å². The standard InChI is InChI=1S/C12H12BrN3O2/c13-5-10-8-18-4-3-16(10)12(17)11-2-1-9(6-14)7-15-11/h1-2,7,10H,3-5,8H2. The summed E-state index contributed by atoms with van der Waals surface area (Å²) in [6.45, 7) is 1.65. The molecule has 0 N–H and O–H groups in total. The topological polar surface area (TPSA) is 66.2 Å². The van der Waals surface area contributed by atoms with Crippen LogP contribution in [0.25, 0.3) is 0 Å². The summed E-state index contributed by atoms with van der Waals surface area (Å²) >= 11 is 3.38. The van der Waals surface area contributed by atoms with Gasteiger partial charge >= 0.3 is 0 Å². The van der Waals surface area contributed by atoms with Gasteiger partial charge in [-0.2, -0.15) is 5.26 Å². The Balaban J connectivity index is 2.16. The second kappa shape index (κ2) is 5.94. The predicted molar refractivity (Wildman–Crippen MR) is 68.4 cm³/mol. The molecular formula is C12H12BrN3O2. The maximum Gasteiger partial charge on any atom is 0.272 e. The number of carbonyl (C=O) groups excluding carboxylic acids is 1. The molecule has 6 heteroatoms. The summed E-state index contributed by atoms with van der Waals surface area (Å²) in [5.41, 5.74) is 0.812. The lowest BCUT2D eigenvalue weighted by Gasteiger charge is -2.34. The molecule has 1 amide bonds. The molecule has 1 aromatic heterocycles. The lowest BCUT2D eigenvalue weighted by molar-refractivity contribution is 0.00492. The molecule has 1 saturated heterocycles. The lowest BCUT2D eigenvalue weighted by Crippen LogP contribution is -2.49. The van der Waals surface area contributed by atoms with Gasteiger partial charge in [0.1, 0.15) is 11.8 Å². The smallest absolute Gasteiger partial charge is 0.272 e. The van der Waals surface area contributed by atoms with E-state index < -0.39 is 0 Å². The maximum absolute atomic E-state index is 12.3. The molecule has 1 aliphatic heterocycles. The minimum absolute atomic E-state index is 0.0312. The summed E-state index contributed by atoms with van der Waals surface area (Å²) in [4.78, 5) is 18.1. The fraction of sp³-hybridized carbons (Fsp3) is 0.417. The van der Waals surface area contributed by atoms with E-state index in [1.54, 1.807) is 17.0 Å². The number of nitriles is 1. The number of carbonyl (C=O) groups is 1. The Morgan fingerprint density at radius 1 is 1.67 bits per heavy atom. The number of ether oxygens (including phenoxy) is 1. The van der Waals surface area contributed by atoms with Gasteiger partial charge in [-0.05, 0) is 12.1 Å². The monoisotopic (exact) mass is 309 g/mol. The summed E-state index contributed by atoms with van der Waals surface area (Å²) in [6, 6.07) is 5.19. The zero-order valence-electron chi connectivity index (χ0n) is 9.67. The first kappa shape index (κ1) is 13.0. The molecule has 1 aromatic rings. The highest BCUT2D eigenvalue weighted by atomic mass is 79.9. The molecule has 0 bridgehead atoms. The van der Waals surface area contributed by atoms with E-state index in [2.05, 4.69) is 20.9 Å². The van der Waals surface area contributed by atoms with Gasteiger partial charge in [-0.25, -0.2) is 4.98 Å². The zero-order chi connectivity index (χ0) is 13.0. The van der Waals surface area contributed by atoms with Gasteiger partial charge in [-0.1, -0.05) is 15.9 Å². The average molecular weight is 310 g/mol. The highest BCUT2D eigenvalue weighted by Gasteiger charge is 2.27. The maximum atomic E-state index is 12.3. The average Bonchev–Trinajstić information content (AvgIpc) is 2.46. The van der Waals surface area contributed by atoms with E-state index in [1.807, 2.05) is 6.07 Å². The number of hydrogen-bond acceptors (Lipinski definition) is 4. The number of alkyl halides is 1. The molecule has 1 atom stereocenters. The van der Waals surface area contributed by atoms with Crippen LogP contribution in [0, 0.1) is 11.3 Å².